The molecule has 0 radical (unpaired) electrons. The van der Waals surface area contributed by atoms with Crippen LogP contribution < -0.4 is 10.6 Å². The topological polar surface area (TPSA) is 71.8 Å². The molecule has 1 atom stereocenters. The number of aryl methyl sites for hydroxylation is 2. The molecule has 2 heterocycles. The van der Waals surface area contributed by atoms with E-state index in [1.807, 2.05) is 50.4 Å². The van der Waals surface area contributed by atoms with Crippen molar-refractivity contribution in [2.45, 2.75) is 45.6 Å². The van der Waals surface area contributed by atoms with E-state index in [9.17, 15) is 4.79 Å². The fourth-order valence-electron chi connectivity index (χ4n) is 3.73. The number of hydrogen-bond acceptors (Lipinski definition) is 4. The van der Waals surface area contributed by atoms with Crippen LogP contribution in [0.4, 0.5) is 5.69 Å². The first-order valence-corrected chi connectivity index (χ1v) is 10.4. The third kappa shape index (κ3) is 4.11. The van der Waals surface area contributed by atoms with Crippen LogP contribution in [0, 0.1) is 12.8 Å². The largest absolute Gasteiger partial charge is 0.380 e. The van der Waals surface area contributed by atoms with Crippen LogP contribution in [-0.4, -0.2) is 33.3 Å². The molecule has 0 saturated heterocycles. The summed E-state index contributed by atoms with van der Waals surface area (Å²) in [6, 6.07) is 12.2. The van der Waals surface area contributed by atoms with Crippen LogP contribution in [0.2, 0.25) is 0 Å². The Morgan fingerprint density at radius 3 is 2.62 bits per heavy atom. The van der Waals surface area contributed by atoms with Crippen molar-refractivity contribution in [2.24, 2.45) is 13.0 Å². The van der Waals surface area contributed by atoms with E-state index in [1.54, 1.807) is 4.68 Å². The Morgan fingerprint density at radius 2 is 1.97 bits per heavy atom. The normalized spacial score (nSPS) is 14.9. The molecule has 152 valence electrons. The quantitative estimate of drug-likeness (QED) is 0.638. The average Bonchev–Trinajstić information content (AvgIpc) is 3.51. The summed E-state index contributed by atoms with van der Waals surface area (Å²) in [6.07, 6.45) is 2.29. The SMILES string of the molecule is Cc1nn(C)c2nc(C3CC3)cc(C(=O)NCC(Nc3ccccc3)C(C)C)c12. The molecule has 2 N–H and O–H groups in total. The van der Waals surface area contributed by atoms with E-state index < -0.39 is 0 Å². The third-order valence-electron chi connectivity index (χ3n) is 5.64. The summed E-state index contributed by atoms with van der Waals surface area (Å²) in [7, 11) is 1.89. The third-order valence-corrected chi connectivity index (χ3v) is 5.64. The molecule has 0 spiro atoms. The van der Waals surface area contributed by atoms with E-state index in [-0.39, 0.29) is 11.9 Å². The average molecular weight is 392 g/mol. The molecule has 6 nitrogen and oxygen atoms in total. The number of carbonyl (C=O) groups is 1. The highest BCUT2D eigenvalue weighted by Crippen LogP contribution is 2.40. The Labute approximate surface area is 171 Å². The Bertz CT molecular complexity index is 1020. The molecule has 1 saturated carbocycles. The van der Waals surface area contributed by atoms with Crippen LogP contribution in [-0.2, 0) is 7.05 Å². The zero-order valence-corrected chi connectivity index (χ0v) is 17.6. The fraction of sp³-hybridized carbons (Fsp3) is 0.435. The number of nitrogens with one attached hydrogen (secondary N) is 2. The van der Waals surface area contributed by atoms with Gasteiger partial charge in [-0.15, -0.1) is 0 Å². The zero-order valence-electron chi connectivity index (χ0n) is 17.6. The van der Waals surface area contributed by atoms with Gasteiger partial charge in [-0.2, -0.15) is 5.10 Å². The molecular weight excluding hydrogens is 362 g/mol. The second-order valence-corrected chi connectivity index (χ2v) is 8.35. The molecule has 0 aliphatic heterocycles. The highest BCUT2D eigenvalue weighted by Gasteiger charge is 2.28. The number of fused-ring (bicyclic) bond motifs is 1. The zero-order chi connectivity index (χ0) is 20.5. The van der Waals surface area contributed by atoms with Crippen molar-refractivity contribution in [3.63, 3.8) is 0 Å². The minimum atomic E-state index is -0.0593. The van der Waals surface area contributed by atoms with Crippen molar-refractivity contribution < 1.29 is 4.79 Å². The molecule has 29 heavy (non-hydrogen) atoms. The Morgan fingerprint density at radius 1 is 1.24 bits per heavy atom. The first-order valence-electron chi connectivity index (χ1n) is 10.4. The second kappa shape index (κ2) is 7.85. The number of anilines is 1. The molecule has 1 aliphatic carbocycles. The van der Waals surface area contributed by atoms with E-state index >= 15 is 0 Å². The highest BCUT2D eigenvalue weighted by molar-refractivity contribution is 6.06. The molecule has 1 unspecified atom stereocenters. The van der Waals surface area contributed by atoms with E-state index in [0.717, 1.165) is 41.0 Å². The van der Waals surface area contributed by atoms with Crippen molar-refractivity contribution in [2.75, 3.05) is 11.9 Å². The first-order chi connectivity index (χ1) is 13.9. The Hall–Kier alpha value is -2.89. The minimum Gasteiger partial charge on any atom is -0.380 e. The lowest BCUT2D eigenvalue weighted by molar-refractivity contribution is 0.0951. The monoisotopic (exact) mass is 391 g/mol. The van der Waals surface area contributed by atoms with Gasteiger partial charge in [0.2, 0.25) is 0 Å². The number of amides is 1. The maximum absolute atomic E-state index is 13.2. The van der Waals surface area contributed by atoms with Gasteiger partial charge in [0.1, 0.15) is 0 Å². The standard InChI is InChI=1S/C23H29N5O/c1-14(2)20(25-17-8-6-5-7-9-17)13-24-23(29)18-12-19(16-10-11-16)26-22-21(18)15(3)27-28(22)4/h5-9,12,14,16,20,25H,10-11,13H2,1-4H3,(H,24,29). The van der Waals surface area contributed by atoms with Gasteiger partial charge in [-0.3, -0.25) is 9.48 Å². The van der Waals surface area contributed by atoms with Crippen molar-refractivity contribution in [1.82, 2.24) is 20.1 Å². The van der Waals surface area contributed by atoms with Gasteiger partial charge in [-0.25, -0.2) is 4.98 Å². The number of rotatable bonds is 7. The van der Waals surface area contributed by atoms with Gasteiger partial charge >= 0.3 is 0 Å². The Kier molecular flexibility index (Phi) is 5.26. The highest BCUT2D eigenvalue weighted by atomic mass is 16.1. The van der Waals surface area contributed by atoms with Crippen LogP contribution in [0.3, 0.4) is 0 Å². The molecule has 1 aromatic carbocycles. The molecular formula is C23H29N5O. The lowest BCUT2D eigenvalue weighted by atomic mass is 10.0. The van der Waals surface area contributed by atoms with Crippen LogP contribution in [0.25, 0.3) is 11.0 Å². The number of hydrogen-bond donors (Lipinski definition) is 2. The van der Waals surface area contributed by atoms with Crippen molar-refractivity contribution in [3.05, 3.63) is 53.3 Å². The molecule has 6 heteroatoms. The number of aromatic nitrogens is 3. The number of nitrogens with zero attached hydrogens (tertiary/aromatic N) is 3. The molecule has 1 amide bonds. The van der Waals surface area contributed by atoms with Gasteiger partial charge in [0.05, 0.1) is 16.6 Å². The summed E-state index contributed by atoms with van der Waals surface area (Å²) in [6.45, 7) is 6.81. The number of para-hydroxylation sites is 1. The van der Waals surface area contributed by atoms with Gasteiger partial charge in [0.15, 0.2) is 5.65 Å². The predicted molar refractivity (Wildman–Crippen MR) is 116 cm³/mol. The van der Waals surface area contributed by atoms with Gasteiger partial charge in [-0.1, -0.05) is 32.0 Å². The van der Waals surface area contributed by atoms with Gasteiger partial charge < -0.3 is 10.6 Å². The van der Waals surface area contributed by atoms with Crippen molar-refractivity contribution in [1.29, 1.82) is 0 Å². The van der Waals surface area contributed by atoms with Crippen molar-refractivity contribution in [3.8, 4) is 0 Å². The Balaban J connectivity index is 1.56. The van der Waals surface area contributed by atoms with Crippen LogP contribution in [0.15, 0.2) is 36.4 Å². The molecule has 2 aromatic heterocycles. The molecule has 1 fully saturated rings. The number of benzene rings is 1. The summed E-state index contributed by atoms with van der Waals surface area (Å²) < 4.78 is 1.78. The van der Waals surface area contributed by atoms with Crippen LogP contribution in [0.5, 0.6) is 0 Å². The fourth-order valence-corrected chi connectivity index (χ4v) is 3.73. The smallest absolute Gasteiger partial charge is 0.252 e. The van der Waals surface area contributed by atoms with E-state index in [4.69, 9.17) is 4.98 Å². The molecule has 3 aromatic rings. The maximum atomic E-state index is 13.2. The molecule has 0 bridgehead atoms. The van der Waals surface area contributed by atoms with E-state index in [2.05, 4.69) is 29.6 Å². The second-order valence-electron chi connectivity index (χ2n) is 8.35. The van der Waals surface area contributed by atoms with Crippen LogP contribution >= 0.6 is 0 Å². The lowest BCUT2D eigenvalue weighted by Crippen LogP contribution is -2.39. The van der Waals surface area contributed by atoms with Crippen molar-refractivity contribution >= 4 is 22.6 Å². The molecule has 4 rings (SSSR count). The van der Waals surface area contributed by atoms with Gasteiger partial charge in [0.25, 0.3) is 5.91 Å². The maximum Gasteiger partial charge on any atom is 0.252 e. The van der Waals surface area contributed by atoms with E-state index in [0.29, 0.717) is 23.9 Å². The lowest BCUT2D eigenvalue weighted by Gasteiger charge is -2.24. The molecule has 1 aliphatic rings. The predicted octanol–water partition coefficient (Wildman–Crippen LogP) is 4.02. The van der Waals surface area contributed by atoms with Gasteiger partial charge in [-0.05, 0) is 43.9 Å². The summed E-state index contributed by atoms with van der Waals surface area (Å²) in [4.78, 5) is 18.0. The minimum absolute atomic E-state index is 0.0593. The van der Waals surface area contributed by atoms with Gasteiger partial charge in [0, 0.05) is 36.9 Å². The number of pyridine rings is 1. The van der Waals surface area contributed by atoms with Crippen LogP contribution in [0.1, 0.15) is 54.4 Å². The van der Waals surface area contributed by atoms with E-state index in [1.165, 1.54) is 0 Å². The number of carbonyl (C=O) groups excluding carboxylic acids is 1. The summed E-state index contributed by atoms with van der Waals surface area (Å²) in [5, 5.41) is 12.0. The summed E-state index contributed by atoms with van der Waals surface area (Å²) >= 11 is 0. The first kappa shape index (κ1) is 19.4. The summed E-state index contributed by atoms with van der Waals surface area (Å²) in [5.74, 6) is 0.787. The summed E-state index contributed by atoms with van der Waals surface area (Å²) in [5.41, 5.74) is 4.38.